The minimum atomic E-state index is -0.230. The Bertz CT molecular complexity index is 448. The molecular weight excluding hydrogens is 288 g/mol. The van der Waals surface area contributed by atoms with Gasteiger partial charge in [-0.1, -0.05) is 0 Å². The number of halogens is 1. The molecule has 0 saturated heterocycles. The van der Waals surface area contributed by atoms with E-state index in [4.69, 9.17) is 5.73 Å². The average Bonchev–Trinajstić information content (AvgIpc) is 3.12. The maximum atomic E-state index is 11.6. The van der Waals surface area contributed by atoms with Crippen molar-refractivity contribution in [3.05, 3.63) is 16.1 Å². The number of carbonyl (C=O) groups is 2. The number of nitrogens with two attached hydrogens (primary N) is 1. The van der Waals surface area contributed by atoms with Crippen LogP contribution in [0.5, 0.6) is 0 Å². The molecule has 0 bridgehead atoms. The fourth-order valence-corrected chi connectivity index (χ4v) is 2.11. The van der Waals surface area contributed by atoms with E-state index in [1.54, 1.807) is 5.38 Å². The Morgan fingerprint density at radius 2 is 2.05 bits per heavy atom. The van der Waals surface area contributed by atoms with E-state index in [2.05, 4.69) is 15.6 Å². The second kappa shape index (κ2) is 7.42. The zero-order chi connectivity index (χ0) is 13.0. The molecule has 106 valence electrons. The van der Waals surface area contributed by atoms with E-state index in [1.165, 1.54) is 11.3 Å². The lowest BCUT2D eigenvalue weighted by Gasteiger charge is -2.05. The maximum absolute atomic E-state index is 11.6. The normalized spacial score (nSPS) is 13.5. The van der Waals surface area contributed by atoms with Gasteiger partial charge in [-0.15, -0.1) is 23.7 Å². The monoisotopic (exact) mass is 304 g/mol. The Labute approximate surface area is 121 Å². The van der Waals surface area contributed by atoms with Gasteiger partial charge >= 0.3 is 0 Å². The summed E-state index contributed by atoms with van der Waals surface area (Å²) < 4.78 is 0. The number of hydrogen-bond acceptors (Lipinski definition) is 5. The predicted molar refractivity (Wildman–Crippen MR) is 75.3 cm³/mol. The standard InChI is InChI=1S/C11H16N4O2S.ClH/c12-5-9-15-8(6-18-9)11(17)14-4-3-13-10(16)7-1-2-7;/h6-7H,1-5,12H2,(H,13,16)(H,14,17);1H. The highest BCUT2D eigenvalue weighted by molar-refractivity contribution is 7.09. The second-order valence-corrected chi connectivity index (χ2v) is 5.09. The van der Waals surface area contributed by atoms with Crippen LogP contribution in [-0.4, -0.2) is 29.9 Å². The molecule has 0 atom stereocenters. The van der Waals surface area contributed by atoms with Gasteiger partial charge in [0.2, 0.25) is 5.91 Å². The molecule has 2 rings (SSSR count). The molecule has 1 aliphatic rings. The van der Waals surface area contributed by atoms with Gasteiger partial charge in [-0.3, -0.25) is 9.59 Å². The van der Waals surface area contributed by atoms with Crippen molar-refractivity contribution in [1.29, 1.82) is 0 Å². The molecule has 0 radical (unpaired) electrons. The van der Waals surface area contributed by atoms with Crippen molar-refractivity contribution in [1.82, 2.24) is 15.6 Å². The van der Waals surface area contributed by atoms with Gasteiger partial charge in [0.25, 0.3) is 5.91 Å². The van der Waals surface area contributed by atoms with Crippen LogP contribution in [0.3, 0.4) is 0 Å². The molecule has 19 heavy (non-hydrogen) atoms. The summed E-state index contributed by atoms with van der Waals surface area (Å²) in [5.41, 5.74) is 5.80. The average molecular weight is 305 g/mol. The number of nitrogens with one attached hydrogen (secondary N) is 2. The highest BCUT2D eigenvalue weighted by Gasteiger charge is 2.28. The van der Waals surface area contributed by atoms with Crippen LogP contribution in [0.15, 0.2) is 5.38 Å². The van der Waals surface area contributed by atoms with E-state index in [0.717, 1.165) is 17.8 Å². The van der Waals surface area contributed by atoms with Crippen molar-refractivity contribution in [3.63, 3.8) is 0 Å². The summed E-state index contributed by atoms with van der Waals surface area (Å²) in [6.45, 7) is 1.21. The molecule has 1 heterocycles. The molecule has 1 aromatic heterocycles. The summed E-state index contributed by atoms with van der Waals surface area (Å²) in [5.74, 6) is 0.0568. The molecule has 1 aromatic rings. The molecule has 8 heteroatoms. The molecule has 1 saturated carbocycles. The van der Waals surface area contributed by atoms with Crippen LogP contribution in [-0.2, 0) is 11.3 Å². The van der Waals surface area contributed by atoms with E-state index < -0.39 is 0 Å². The molecule has 2 amide bonds. The van der Waals surface area contributed by atoms with Crippen molar-refractivity contribution in [2.75, 3.05) is 13.1 Å². The Kier molecular flexibility index (Phi) is 6.20. The smallest absolute Gasteiger partial charge is 0.270 e. The van der Waals surface area contributed by atoms with Gasteiger partial charge < -0.3 is 16.4 Å². The number of carbonyl (C=O) groups excluding carboxylic acids is 2. The van der Waals surface area contributed by atoms with Crippen LogP contribution < -0.4 is 16.4 Å². The molecule has 0 aromatic carbocycles. The van der Waals surface area contributed by atoms with Crippen molar-refractivity contribution in [3.8, 4) is 0 Å². The molecule has 1 aliphatic carbocycles. The number of rotatable bonds is 6. The number of aromatic nitrogens is 1. The number of thiazole rings is 1. The Morgan fingerprint density at radius 1 is 1.37 bits per heavy atom. The zero-order valence-corrected chi connectivity index (χ0v) is 12.0. The van der Waals surface area contributed by atoms with E-state index in [1.807, 2.05) is 0 Å². The summed E-state index contributed by atoms with van der Waals surface area (Å²) >= 11 is 1.37. The summed E-state index contributed by atoms with van der Waals surface area (Å²) in [7, 11) is 0. The zero-order valence-electron chi connectivity index (χ0n) is 10.3. The fourth-order valence-electron chi connectivity index (χ4n) is 1.45. The van der Waals surface area contributed by atoms with Gasteiger partial charge in [0.1, 0.15) is 10.7 Å². The Hall–Kier alpha value is -1.18. The number of nitrogens with zero attached hydrogens (tertiary/aromatic N) is 1. The topological polar surface area (TPSA) is 97.1 Å². The van der Waals surface area contributed by atoms with E-state index in [0.29, 0.717) is 25.3 Å². The molecule has 6 nitrogen and oxygen atoms in total. The number of amides is 2. The summed E-state index contributed by atoms with van der Waals surface area (Å²) in [6.07, 6.45) is 1.97. The van der Waals surface area contributed by atoms with Gasteiger partial charge in [0.05, 0.1) is 0 Å². The Balaban J connectivity index is 0.00000180. The first-order chi connectivity index (χ1) is 8.70. The lowest BCUT2D eigenvalue weighted by atomic mass is 10.4. The summed E-state index contributed by atoms with van der Waals surface area (Å²) in [5, 5.41) is 7.90. The van der Waals surface area contributed by atoms with Crippen molar-refractivity contribution < 1.29 is 9.59 Å². The Morgan fingerprint density at radius 3 is 2.63 bits per heavy atom. The van der Waals surface area contributed by atoms with Crippen LogP contribution in [0.4, 0.5) is 0 Å². The largest absolute Gasteiger partial charge is 0.354 e. The molecule has 4 N–H and O–H groups in total. The van der Waals surface area contributed by atoms with Crippen molar-refractivity contribution >= 4 is 35.6 Å². The first kappa shape index (κ1) is 15.9. The van der Waals surface area contributed by atoms with Crippen LogP contribution >= 0.6 is 23.7 Å². The van der Waals surface area contributed by atoms with E-state index in [-0.39, 0.29) is 30.1 Å². The third kappa shape index (κ3) is 4.77. The molecule has 0 unspecified atom stereocenters. The minimum Gasteiger partial charge on any atom is -0.354 e. The second-order valence-electron chi connectivity index (χ2n) is 4.15. The van der Waals surface area contributed by atoms with Crippen LogP contribution in [0, 0.1) is 5.92 Å². The lowest BCUT2D eigenvalue weighted by molar-refractivity contribution is -0.122. The van der Waals surface area contributed by atoms with Crippen molar-refractivity contribution in [2.45, 2.75) is 19.4 Å². The number of hydrogen-bond donors (Lipinski definition) is 3. The quantitative estimate of drug-likeness (QED) is 0.658. The van der Waals surface area contributed by atoms with Gasteiger partial charge in [-0.2, -0.15) is 0 Å². The van der Waals surface area contributed by atoms with Crippen LogP contribution in [0.25, 0.3) is 0 Å². The molecule has 0 aliphatic heterocycles. The van der Waals surface area contributed by atoms with E-state index >= 15 is 0 Å². The predicted octanol–water partition coefficient (Wildman–Crippen LogP) is 0.280. The lowest BCUT2D eigenvalue weighted by Crippen LogP contribution is -2.35. The summed E-state index contributed by atoms with van der Waals surface area (Å²) in [6, 6.07) is 0. The maximum Gasteiger partial charge on any atom is 0.270 e. The van der Waals surface area contributed by atoms with Gasteiger partial charge in [0.15, 0.2) is 0 Å². The minimum absolute atomic E-state index is 0. The van der Waals surface area contributed by atoms with Crippen LogP contribution in [0.1, 0.15) is 28.3 Å². The SMILES string of the molecule is Cl.NCc1nc(C(=O)NCCNC(=O)C2CC2)cs1. The first-order valence-corrected chi connectivity index (χ1v) is 6.79. The van der Waals surface area contributed by atoms with Gasteiger partial charge in [-0.25, -0.2) is 4.98 Å². The summed E-state index contributed by atoms with van der Waals surface area (Å²) in [4.78, 5) is 27.0. The third-order valence-electron chi connectivity index (χ3n) is 2.62. The third-order valence-corrected chi connectivity index (χ3v) is 3.49. The van der Waals surface area contributed by atoms with E-state index in [9.17, 15) is 9.59 Å². The van der Waals surface area contributed by atoms with Gasteiger partial charge in [0, 0.05) is 30.9 Å². The fraction of sp³-hybridized carbons (Fsp3) is 0.545. The van der Waals surface area contributed by atoms with Crippen LogP contribution in [0.2, 0.25) is 0 Å². The molecule has 1 fully saturated rings. The highest BCUT2D eigenvalue weighted by Crippen LogP contribution is 2.28. The molecule has 0 spiro atoms. The van der Waals surface area contributed by atoms with Gasteiger partial charge in [-0.05, 0) is 12.8 Å². The highest BCUT2D eigenvalue weighted by atomic mass is 35.5. The van der Waals surface area contributed by atoms with Crippen molar-refractivity contribution in [2.24, 2.45) is 11.7 Å². The first-order valence-electron chi connectivity index (χ1n) is 5.91. The molecular formula is C11H17ClN4O2S.